The standard InChI is InChI=1S/C18H20OS/c1-12(2)18(3)10-8-14-16(9-11-18)20-15-7-5-4-6-13(15)17(14)19/h4-12,14,16H,1-3H3. The summed E-state index contributed by atoms with van der Waals surface area (Å²) in [4.78, 5) is 13.8. The van der Waals surface area contributed by atoms with E-state index in [9.17, 15) is 4.79 Å². The molecule has 0 fully saturated rings. The molecule has 2 aliphatic rings. The Morgan fingerprint density at radius 2 is 1.85 bits per heavy atom. The minimum Gasteiger partial charge on any atom is -0.293 e. The maximum atomic E-state index is 12.7. The van der Waals surface area contributed by atoms with Crippen molar-refractivity contribution in [3.8, 4) is 0 Å². The first-order valence-corrected chi connectivity index (χ1v) is 8.08. The van der Waals surface area contributed by atoms with Crippen molar-refractivity contribution in [2.24, 2.45) is 17.3 Å². The van der Waals surface area contributed by atoms with Crippen LogP contribution in [0.4, 0.5) is 0 Å². The lowest BCUT2D eigenvalue weighted by atomic mass is 9.79. The molecule has 0 N–H and O–H groups in total. The van der Waals surface area contributed by atoms with E-state index in [0.717, 1.165) is 10.5 Å². The van der Waals surface area contributed by atoms with Gasteiger partial charge in [-0.25, -0.2) is 0 Å². The van der Waals surface area contributed by atoms with E-state index in [0.29, 0.717) is 5.92 Å². The topological polar surface area (TPSA) is 17.1 Å². The number of hydrogen-bond donors (Lipinski definition) is 0. The van der Waals surface area contributed by atoms with E-state index < -0.39 is 0 Å². The summed E-state index contributed by atoms with van der Waals surface area (Å²) in [5.74, 6) is 0.766. The van der Waals surface area contributed by atoms with Gasteiger partial charge in [0.15, 0.2) is 5.78 Å². The number of ketones is 1. The summed E-state index contributed by atoms with van der Waals surface area (Å²) in [5.41, 5.74) is 0.926. The molecule has 0 radical (unpaired) electrons. The van der Waals surface area contributed by atoms with Crippen LogP contribution >= 0.6 is 11.8 Å². The summed E-state index contributed by atoms with van der Waals surface area (Å²) in [6, 6.07) is 7.96. The highest BCUT2D eigenvalue weighted by Crippen LogP contribution is 2.43. The Bertz CT molecular complexity index is 599. The highest BCUT2D eigenvalue weighted by Gasteiger charge is 2.36. The van der Waals surface area contributed by atoms with E-state index in [1.165, 1.54) is 0 Å². The molecule has 3 rings (SSSR count). The molecule has 1 aliphatic heterocycles. The van der Waals surface area contributed by atoms with Crippen LogP contribution in [0.2, 0.25) is 0 Å². The third kappa shape index (κ3) is 2.16. The molecular formula is C18H20OS. The van der Waals surface area contributed by atoms with Crippen molar-refractivity contribution in [2.75, 3.05) is 0 Å². The average molecular weight is 284 g/mol. The summed E-state index contributed by atoms with van der Waals surface area (Å²) in [5, 5.41) is 0.231. The second-order valence-electron chi connectivity index (χ2n) is 6.21. The third-order valence-corrected chi connectivity index (χ3v) is 5.96. The predicted molar refractivity (Wildman–Crippen MR) is 85.1 cm³/mol. The number of rotatable bonds is 1. The average Bonchev–Trinajstić information content (AvgIpc) is 2.60. The molecular weight excluding hydrogens is 264 g/mol. The maximum absolute atomic E-state index is 12.7. The summed E-state index contributed by atoms with van der Waals surface area (Å²) >= 11 is 1.81. The lowest BCUT2D eigenvalue weighted by Gasteiger charge is -2.26. The Labute approximate surface area is 125 Å². The van der Waals surface area contributed by atoms with Crippen molar-refractivity contribution >= 4 is 17.5 Å². The molecule has 0 spiro atoms. The van der Waals surface area contributed by atoms with Crippen LogP contribution in [0, 0.1) is 17.3 Å². The fourth-order valence-electron chi connectivity index (χ4n) is 2.73. The first kappa shape index (κ1) is 13.7. The van der Waals surface area contributed by atoms with Crippen LogP contribution in [0.1, 0.15) is 31.1 Å². The molecule has 104 valence electrons. The largest absolute Gasteiger partial charge is 0.293 e. The number of carbonyl (C=O) groups is 1. The van der Waals surface area contributed by atoms with Gasteiger partial charge in [-0.15, -0.1) is 11.8 Å². The second kappa shape index (κ2) is 4.92. The normalized spacial score (nSPS) is 31.9. The highest BCUT2D eigenvalue weighted by atomic mass is 32.2. The lowest BCUT2D eigenvalue weighted by molar-refractivity contribution is 0.0942. The fourth-order valence-corrected chi connectivity index (χ4v) is 4.00. The summed E-state index contributed by atoms with van der Waals surface area (Å²) in [6.07, 6.45) is 8.89. The number of benzene rings is 1. The van der Waals surface area contributed by atoms with E-state index >= 15 is 0 Å². The maximum Gasteiger partial charge on any atom is 0.172 e. The Kier molecular flexibility index (Phi) is 3.37. The number of hydrogen-bond acceptors (Lipinski definition) is 2. The summed E-state index contributed by atoms with van der Waals surface area (Å²) in [7, 11) is 0. The molecule has 1 aromatic rings. The van der Waals surface area contributed by atoms with Crippen LogP contribution in [-0.4, -0.2) is 11.0 Å². The predicted octanol–water partition coefficient (Wildman–Crippen LogP) is 4.75. The van der Waals surface area contributed by atoms with E-state index in [1.54, 1.807) is 0 Å². The molecule has 0 saturated heterocycles. The molecule has 0 amide bonds. The van der Waals surface area contributed by atoms with Crippen molar-refractivity contribution < 1.29 is 4.79 Å². The third-order valence-electron chi connectivity index (χ3n) is 4.62. The number of carbonyl (C=O) groups excluding carboxylic acids is 1. The quantitative estimate of drug-likeness (QED) is 0.692. The van der Waals surface area contributed by atoms with Crippen molar-refractivity contribution in [3.63, 3.8) is 0 Å². The van der Waals surface area contributed by atoms with Crippen LogP contribution in [-0.2, 0) is 0 Å². The van der Waals surface area contributed by atoms with Gasteiger partial charge in [0.05, 0.1) is 5.92 Å². The van der Waals surface area contributed by atoms with Gasteiger partial charge in [-0.05, 0) is 12.0 Å². The van der Waals surface area contributed by atoms with Gasteiger partial charge >= 0.3 is 0 Å². The van der Waals surface area contributed by atoms with Gasteiger partial charge in [-0.2, -0.15) is 0 Å². The van der Waals surface area contributed by atoms with Gasteiger partial charge in [-0.3, -0.25) is 4.79 Å². The van der Waals surface area contributed by atoms with Crippen LogP contribution < -0.4 is 0 Å². The van der Waals surface area contributed by atoms with E-state index in [-0.39, 0.29) is 22.4 Å². The van der Waals surface area contributed by atoms with Crippen LogP contribution in [0.15, 0.2) is 53.5 Å². The van der Waals surface area contributed by atoms with Crippen molar-refractivity contribution in [1.29, 1.82) is 0 Å². The van der Waals surface area contributed by atoms with Crippen LogP contribution in [0.3, 0.4) is 0 Å². The molecule has 3 unspecified atom stereocenters. The molecule has 0 bridgehead atoms. The Morgan fingerprint density at radius 1 is 1.15 bits per heavy atom. The van der Waals surface area contributed by atoms with Gasteiger partial charge in [0.2, 0.25) is 0 Å². The van der Waals surface area contributed by atoms with E-state index in [4.69, 9.17) is 0 Å². The Hall–Kier alpha value is -1.28. The minimum absolute atomic E-state index is 0.0216. The molecule has 1 nitrogen and oxygen atoms in total. The van der Waals surface area contributed by atoms with E-state index in [2.05, 4.69) is 51.1 Å². The monoisotopic (exact) mass is 284 g/mol. The highest BCUT2D eigenvalue weighted by molar-refractivity contribution is 8.00. The molecule has 0 saturated carbocycles. The minimum atomic E-state index is -0.0216. The van der Waals surface area contributed by atoms with Crippen LogP contribution in [0.5, 0.6) is 0 Å². The second-order valence-corrected chi connectivity index (χ2v) is 7.43. The Balaban J connectivity index is 2.02. The molecule has 1 heterocycles. The first-order valence-electron chi connectivity index (χ1n) is 7.20. The zero-order valence-electron chi connectivity index (χ0n) is 12.2. The molecule has 0 aromatic heterocycles. The van der Waals surface area contributed by atoms with Gasteiger partial charge < -0.3 is 0 Å². The molecule has 1 aromatic carbocycles. The van der Waals surface area contributed by atoms with Gasteiger partial charge in [-0.1, -0.05) is 63.3 Å². The van der Waals surface area contributed by atoms with Gasteiger partial charge in [0, 0.05) is 21.1 Å². The van der Waals surface area contributed by atoms with Crippen molar-refractivity contribution in [3.05, 3.63) is 54.1 Å². The SMILES string of the molecule is CC(C)C1(C)C=CC2Sc3ccccc3C(=O)C2C=C1. The number of allylic oxidation sites excluding steroid dienone is 3. The summed E-state index contributed by atoms with van der Waals surface area (Å²) < 4.78 is 0. The molecule has 3 atom stereocenters. The van der Waals surface area contributed by atoms with Gasteiger partial charge in [0.25, 0.3) is 0 Å². The van der Waals surface area contributed by atoms with Crippen molar-refractivity contribution in [2.45, 2.75) is 30.9 Å². The van der Waals surface area contributed by atoms with Crippen LogP contribution in [0.25, 0.3) is 0 Å². The molecule has 2 heteroatoms. The zero-order valence-corrected chi connectivity index (χ0v) is 13.0. The Morgan fingerprint density at radius 3 is 2.60 bits per heavy atom. The number of Topliss-reactive ketones (excluding diaryl/α,β-unsaturated/α-hetero) is 1. The van der Waals surface area contributed by atoms with Gasteiger partial charge in [0.1, 0.15) is 0 Å². The fraction of sp³-hybridized carbons (Fsp3) is 0.389. The number of thioether (sulfide) groups is 1. The molecule has 20 heavy (non-hydrogen) atoms. The molecule has 1 aliphatic carbocycles. The zero-order chi connectivity index (χ0) is 14.3. The smallest absolute Gasteiger partial charge is 0.172 e. The van der Waals surface area contributed by atoms with Crippen molar-refractivity contribution in [1.82, 2.24) is 0 Å². The van der Waals surface area contributed by atoms with E-state index in [1.807, 2.05) is 30.0 Å². The first-order chi connectivity index (χ1) is 9.51. The lowest BCUT2D eigenvalue weighted by Crippen LogP contribution is -2.27. The summed E-state index contributed by atoms with van der Waals surface area (Å²) in [6.45, 7) is 6.70. The number of fused-ring (bicyclic) bond motifs is 2.